The van der Waals surface area contributed by atoms with Gasteiger partial charge in [-0.05, 0) is 38.5 Å². The van der Waals surface area contributed by atoms with Crippen molar-refractivity contribution in [2.75, 3.05) is 13.1 Å². The average Bonchev–Trinajstić information content (AvgIpc) is 3.43. The molecule has 1 aromatic carbocycles. The van der Waals surface area contributed by atoms with Gasteiger partial charge in [-0.3, -0.25) is 9.48 Å². The molecular formula is C25H28F3N5O4. The third-order valence-corrected chi connectivity index (χ3v) is 5.81. The minimum absolute atomic E-state index is 0.00994. The Bertz CT molecular complexity index is 1310. The van der Waals surface area contributed by atoms with Crippen molar-refractivity contribution in [1.29, 1.82) is 0 Å². The number of halogens is 3. The minimum Gasteiger partial charge on any atom is -0.444 e. The summed E-state index contributed by atoms with van der Waals surface area (Å²) < 4.78 is 53.0. The molecule has 4 rings (SSSR count). The molecule has 12 heteroatoms. The number of likely N-dealkylation sites (tertiary alicyclic amines) is 1. The molecule has 1 amide bonds. The molecule has 1 fully saturated rings. The molecule has 2 aromatic heterocycles. The molecule has 1 aliphatic rings. The number of nitrogens with zero attached hydrogens (tertiary/aromatic N) is 5. The standard InChI is InChI=1S/C25H28F3N5O4/c1-24(2,3)37-23(35)32-13-20(33-22(34)9-17(10-30-33)18-11-29-31(4)12-18)21(14-32)36-15-16-5-7-19(8-6-16)25(26,27)28/h5-12,20-21H,13-15H2,1-4H3/t20-,21-/m1/s1. The highest BCUT2D eigenvalue weighted by Gasteiger charge is 2.40. The summed E-state index contributed by atoms with van der Waals surface area (Å²) in [5.74, 6) is 0. The van der Waals surface area contributed by atoms with Gasteiger partial charge in [-0.2, -0.15) is 23.4 Å². The van der Waals surface area contributed by atoms with E-state index in [0.29, 0.717) is 11.1 Å². The van der Waals surface area contributed by atoms with Gasteiger partial charge < -0.3 is 14.4 Å². The Morgan fingerprint density at radius 3 is 2.30 bits per heavy atom. The van der Waals surface area contributed by atoms with E-state index < -0.39 is 35.6 Å². The fraction of sp³-hybridized carbons (Fsp3) is 0.440. The molecule has 1 saturated heterocycles. The highest BCUT2D eigenvalue weighted by Crippen LogP contribution is 2.30. The fourth-order valence-corrected chi connectivity index (χ4v) is 4.02. The van der Waals surface area contributed by atoms with Gasteiger partial charge >= 0.3 is 12.3 Å². The molecular weight excluding hydrogens is 491 g/mol. The number of rotatable bonds is 5. The van der Waals surface area contributed by atoms with Crippen molar-refractivity contribution in [3.63, 3.8) is 0 Å². The highest BCUT2D eigenvalue weighted by molar-refractivity contribution is 5.68. The fourth-order valence-electron chi connectivity index (χ4n) is 4.02. The summed E-state index contributed by atoms with van der Waals surface area (Å²) in [6, 6.07) is 5.46. The van der Waals surface area contributed by atoms with Gasteiger partial charge in [0.2, 0.25) is 0 Å². The van der Waals surface area contributed by atoms with E-state index in [4.69, 9.17) is 9.47 Å². The van der Waals surface area contributed by atoms with E-state index in [1.165, 1.54) is 27.8 Å². The molecule has 198 valence electrons. The molecule has 3 aromatic rings. The highest BCUT2D eigenvalue weighted by atomic mass is 19.4. The van der Waals surface area contributed by atoms with Gasteiger partial charge in [0.25, 0.3) is 5.56 Å². The molecule has 3 heterocycles. The number of benzene rings is 1. The van der Waals surface area contributed by atoms with Gasteiger partial charge in [-0.1, -0.05) is 12.1 Å². The van der Waals surface area contributed by atoms with Crippen LogP contribution in [0.5, 0.6) is 0 Å². The van der Waals surface area contributed by atoms with Gasteiger partial charge in [0.15, 0.2) is 0 Å². The van der Waals surface area contributed by atoms with E-state index in [1.54, 1.807) is 51.1 Å². The number of carbonyl (C=O) groups excluding carboxylic acids is 1. The number of aryl methyl sites for hydroxylation is 1. The molecule has 0 unspecified atom stereocenters. The summed E-state index contributed by atoms with van der Waals surface area (Å²) in [6.45, 7) is 5.48. The third-order valence-electron chi connectivity index (χ3n) is 5.81. The molecule has 0 saturated carbocycles. The molecule has 1 aliphatic heterocycles. The summed E-state index contributed by atoms with van der Waals surface area (Å²) in [6.07, 6.45) is -0.713. The monoisotopic (exact) mass is 519 g/mol. The predicted octanol–water partition coefficient (Wildman–Crippen LogP) is 4.04. The number of hydrogen-bond donors (Lipinski definition) is 0. The molecule has 2 atom stereocenters. The van der Waals surface area contributed by atoms with Crippen molar-refractivity contribution >= 4 is 6.09 Å². The van der Waals surface area contributed by atoms with Crippen molar-refractivity contribution in [1.82, 2.24) is 24.5 Å². The second-order valence-electron chi connectivity index (χ2n) is 9.93. The van der Waals surface area contributed by atoms with Crippen LogP contribution in [0.3, 0.4) is 0 Å². The zero-order valence-electron chi connectivity index (χ0n) is 20.9. The Morgan fingerprint density at radius 1 is 1.05 bits per heavy atom. The zero-order chi connectivity index (χ0) is 27.0. The number of amides is 1. The lowest BCUT2D eigenvalue weighted by atomic mass is 10.1. The lowest BCUT2D eigenvalue weighted by molar-refractivity contribution is -0.137. The molecule has 0 aliphatic carbocycles. The summed E-state index contributed by atoms with van der Waals surface area (Å²) in [5.41, 5.74) is -0.00727. The predicted molar refractivity (Wildman–Crippen MR) is 128 cm³/mol. The van der Waals surface area contributed by atoms with Crippen LogP contribution >= 0.6 is 0 Å². The van der Waals surface area contributed by atoms with Crippen molar-refractivity contribution in [3.8, 4) is 11.1 Å². The zero-order valence-corrected chi connectivity index (χ0v) is 20.9. The van der Waals surface area contributed by atoms with Gasteiger partial charge in [0, 0.05) is 37.0 Å². The largest absolute Gasteiger partial charge is 0.444 e. The topological polar surface area (TPSA) is 91.5 Å². The Labute approximate surface area is 211 Å². The van der Waals surface area contributed by atoms with Crippen LogP contribution in [0.2, 0.25) is 0 Å². The summed E-state index contributed by atoms with van der Waals surface area (Å²) >= 11 is 0. The van der Waals surface area contributed by atoms with Crippen LogP contribution in [-0.2, 0) is 29.3 Å². The Morgan fingerprint density at radius 2 is 1.73 bits per heavy atom. The molecule has 0 spiro atoms. The van der Waals surface area contributed by atoms with Crippen LogP contribution in [0.25, 0.3) is 11.1 Å². The van der Waals surface area contributed by atoms with Crippen LogP contribution in [0.1, 0.15) is 37.9 Å². The lowest BCUT2D eigenvalue weighted by Gasteiger charge is -2.24. The molecule has 37 heavy (non-hydrogen) atoms. The van der Waals surface area contributed by atoms with Crippen LogP contribution in [0.15, 0.2) is 53.7 Å². The van der Waals surface area contributed by atoms with Crippen molar-refractivity contribution in [3.05, 3.63) is 70.4 Å². The van der Waals surface area contributed by atoms with E-state index in [-0.39, 0.29) is 25.3 Å². The molecule has 9 nitrogen and oxygen atoms in total. The first kappa shape index (κ1) is 26.4. The second kappa shape index (κ2) is 10.0. The minimum atomic E-state index is -4.43. The Hall–Kier alpha value is -3.67. The van der Waals surface area contributed by atoms with Crippen molar-refractivity contribution < 1.29 is 27.4 Å². The normalized spacial score (nSPS) is 18.3. The lowest BCUT2D eigenvalue weighted by Crippen LogP contribution is -2.36. The van der Waals surface area contributed by atoms with Crippen LogP contribution in [-0.4, -0.2) is 55.3 Å². The van der Waals surface area contributed by atoms with E-state index in [2.05, 4.69) is 10.2 Å². The van der Waals surface area contributed by atoms with E-state index in [0.717, 1.165) is 17.7 Å². The van der Waals surface area contributed by atoms with Gasteiger partial charge in [-0.25, -0.2) is 9.48 Å². The molecule has 0 N–H and O–H groups in total. The number of hydrogen-bond acceptors (Lipinski definition) is 6. The van der Waals surface area contributed by atoms with E-state index in [1.807, 2.05) is 0 Å². The SMILES string of the molecule is Cn1cc(-c2cnn([C@@H]3CN(C(=O)OC(C)(C)C)C[C@H]3OCc3ccc(C(F)(F)F)cc3)c(=O)c2)cn1. The summed E-state index contributed by atoms with van der Waals surface area (Å²) in [7, 11) is 1.76. The van der Waals surface area contributed by atoms with Gasteiger partial charge in [0.05, 0.1) is 37.2 Å². The number of carbonyl (C=O) groups is 1. The van der Waals surface area contributed by atoms with Crippen LogP contribution < -0.4 is 5.56 Å². The van der Waals surface area contributed by atoms with Gasteiger partial charge in [-0.15, -0.1) is 0 Å². The van der Waals surface area contributed by atoms with Crippen molar-refractivity contribution in [2.45, 2.75) is 51.3 Å². The maximum Gasteiger partial charge on any atom is 0.416 e. The maximum atomic E-state index is 13.0. The Balaban J connectivity index is 1.56. The first-order chi connectivity index (χ1) is 17.3. The average molecular weight is 520 g/mol. The van der Waals surface area contributed by atoms with Crippen LogP contribution in [0, 0.1) is 0 Å². The number of aromatic nitrogens is 4. The third kappa shape index (κ3) is 6.37. The first-order valence-corrected chi connectivity index (χ1v) is 11.6. The van der Waals surface area contributed by atoms with E-state index >= 15 is 0 Å². The molecule has 0 radical (unpaired) electrons. The second-order valence-corrected chi connectivity index (χ2v) is 9.93. The maximum absolute atomic E-state index is 13.0. The first-order valence-electron chi connectivity index (χ1n) is 11.6. The van der Waals surface area contributed by atoms with Crippen LogP contribution in [0.4, 0.5) is 18.0 Å². The quantitative estimate of drug-likeness (QED) is 0.505. The van der Waals surface area contributed by atoms with E-state index in [9.17, 15) is 22.8 Å². The molecule has 0 bridgehead atoms. The summed E-state index contributed by atoms with van der Waals surface area (Å²) in [5, 5.41) is 8.45. The van der Waals surface area contributed by atoms with Gasteiger partial charge in [0.1, 0.15) is 11.6 Å². The Kier molecular flexibility index (Phi) is 7.13. The number of alkyl halides is 3. The number of ether oxygens (including phenoxy) is 2. The smallest absolute Gasteiger partial charge is 0.416 e. The van der Waals surface area contributed by atoms with Crippen molar-refractivity contribution in [2.24, 2.45) is 7.05 Å². The summed E-state index contributed by atoms with van der Waals surface area (Å²) in [4.78, 5) is 27.2.